The van der Waals surface area contributed by atoms with Crippen molar-refractivity contribution < 1.29 is 24.2 Å². The first kappa shape index (κ1) is 22.7. The van der Waals surface area contributed by atoms with E-state index >= 15 is 0 Å². The number of fused-ring (bicyclic) bond motifs is 1. The number of hydrogen-bond donors (Lipinski definition) is 1. The van der Waals surface area contributed by atoms with Crippen molar-refractivity contribution in [2.45, 2.75) is 58.6 Å². The Morgan fingerprint density at radius 1 is 1.16 bits per heavy atom. The van der Waals surface area contributed by atoms with Gasteiger partial charge in [-0.05, 0) is 43.9 Å². The van der Waals surface area contributed by atoms with E-state index in [-0.39, 0.29) is 29.6 Å². The summed E-state index contributed by atoms with van der Waals surface area (Å²) in [7, 11) is 1.49. The molecule has 1 aliphatic heterocycles. The average Bonchev–Trinajstić information content (AvgIpc) is 2.78. The number of ether oxygens (including phenoxy) is 2. The van der Waals surface area contributed by atoms with Gasteiger partial charge in [-0.15, -0.1) is 0 Å². The molecule has 1 N–H and O–H groups in total. The molecule has 0 radical (unpaired) electrons. The van der Waals surface area contributed by atoms with Crippen LogP contribution in [0.2, 0.25) is 0 Å². The molecule has 2 aromatic carbocycles. The number of methoxy groups -OCH3 is 1. The van der Waals surface area contributed by atoms with Crippen LogP contribution in [0.5, 0.6) is 11.5 Å². The fourth-order valence-electron chi connectivity index (χ4n) is 4.27. The van der Waals surface area contributed by atoms with Crippen molar-refractivity contribution in [3.8, 4) is 11.5 Å². The molecule has 31 heavy (non-hydrogen) atoms. The first-order valence-corrected chi connectivity index (χ1v) is 10.9. The second kappa shape index (κ2) is 10.3. The second-order valence-electron chi connectivity index (χ2n) is 7.93. The third kappa shape index (κ3) is 5.01. The normalized spacial score (nSPS) is 15.1. The van der Waals surface area contributed by atoms with E-state index in [4.69, 9.17) is 9.47 Å². The van der Waals surface area contributed by atoms with Gasteiger partial charge in [-0.25, -0.2) is 4.79 Å². The molecule has 3 rings (SSSR count). The van der Waals surface area contributed by atoms with Gasteiger partial charge >= 0.3 is 6.09 Å². The minimum Gasteiger partial charge on any atom is -0.508 e. The van der Waals surface area contributed by atoms with Gasteiger partial charge in [-0.2, -0.15) is 0 Å². The first-order chi connectivity index (χ1) is 15.0. The quantitative estimate of drug-likeness (QED) is 0.493. The summed E-state index contributed by atoms with van der Waals surface area (Å²) in [4.78, 5) is 27.6. The maximum Gasteiger partial charge on any atom is 0.414 e. The SMILES string of the molecule is CCCC(CCC(CC)C(=O)c1ccc(O)cc1OC)N1C(=O)OCc2ccccc21. The number of cyclic esters (lactones) is 1. The minimum atomic E-state index is -0.322. The Hall–Kier alpha value is -3.02. The number of phenolic OH excluding ortho intramolecular Hbond substituents is 1. The number of Topliss-reactive ketones (excluding diaryl/α,β-unsaturated/α-hetero) is 1. The zero-order chi connectivity index (χ0) is 22.4. The summed E-state index contributed by atoms with van der Waals surface area (Å²) in [5, 5.41) is 9.69. The molecule has 1 aliphatic rings. The third-order valence-electron chi connectivity index (χ3n) is 5.95. The van der Waals surface area contributed by atoms with Crippen LogP contribution in [0.4, 0.5) is 10.5 Å². The highest BCUT2D eigenvalue weighted by molar-refractivity contribution is 6.00. The highest BCUT2D eigenvalue weighted by atomic mass is 16.6. The van der Waals surface area contributed by atoms with Gasteiger partial charge in [0, 0.05) is 23.6 Å². The molecule has 1 amide bonds. The number of benzene rings is 2. The van der Waals surface area contributed by atoms with Crippen LogP contribution >= 0.6 is 0 Å². The van der Waals surface area contributed by atoms with Crippen LogP contribution < -0.4 is 9.64 Å². The second-order valence-corrected chi connectivity index (χ2v) is 7.93. The van der Waals surface area contributed by atoms with Crippen LogP contribution in [0.15, 0.2) is 42.5 Å². The van der Waals surface area contributed by atoms with Crippen molar-refractivity contribution in [2.24, 2.45) is 5.92 Å². The lowest BCUT2D eigenvalue weighted by molar-refractivity contribution is 0.0903. The molecule has 6 nitrogen and oxygen atoms in total. The number of anilines is 1. The van der Waals surface area contributed by atoms with E-state index in [9.17, 15) is 14.7 Å². The summed E-state index contributed by atoms with van der Waals surface area (Å²) in [5.74, 6) is 0.235. The lowest BCUT2D eigenvalue weighted by Crippen LogP contribution is -2.44. The van der Waals surface area contributed by atoms with Crippen molar-refractivity contribution in [3.63, 3.8) is 0 Å². The summed E-state index contributed by atoms with van der Waals surface area (Å²) in [6, 6.07) is 12.4. The number of aromatic hydroxyl groups is 1. The topological polar surface area (TPSA) is 76.1 Å². The Morgan fingerprint density at radius 3 is 2.65 bits per heavy atom. The Bertz CT molecular complexity index is 926. The van der Waals surface area contributed by atoms with E-state index in [1.165, 1.54) is 19.2 Å². The molecular formula is C25H31NO5. The number of phenols is 1. The molecular weight excluding hydrogens is 394 g/mol. The van der Waals surface area contributed by atoms with E-state index < -0.39 is 0 Å². The number of para-hydroxylation sites is 1. The van der Waals surface area contributed by atoms with E-state index in [2.05, 4.69) is 6.92 Å². The fraction of sp³-hybridized carbons (Fsp3) is 0.440. The minimum absolute atomic E-state index is 0.00350. The number of carbonyl (C=O) groups excluding carboxylic acids is 2. The van der Waals surface area contributed by atoms with Gasteiger partial charge in [0.25, 0.3) is 0 Å². The van der Waals surface area contributed by atoms with Crippen LogP contribution in [-0.4, -0.2) is 30.1 Å². The van der Waals surface area contributed by atoms with E-state index in [0.29, 0.717) is 37.2 Å². The Morgan fingerprint density at radius 2 is 1.94 bits per heavy atom. The van der Waals surface area contributed by atoms with E-state index in [1.54, 1.807) is 11.0 Å². The molecule has 0 saturated carbocycles. The van der Waals surface area contributed by atoms with Crippen LogP contribution in [0, 0.1) is 5.92 Å². The number of amides is 1. The van der Waals surface area contributed by atoms with Gasteiger partial charge in [0.05, 0.1) is 18.4 Å². The average molecular weight is 426 g/mol. The summed E-state index contributed by atoms with van der Waals surface area (Å²) in [5.41, 5.74) is 2.37. The van der Waals surface area contributed by atoms with Gasteiger partial charge < -0.3 is 14.6 Å². The molecule has 166 valence electrons. The zero-order valence-electron chi connectivity index (χ0n) is 18.5. The molecule has 2 unspecified atom stereocenters. The monoisotopic (exact) mass is 425 g/mol. The van der Waals surface area contributed by atoms with Crippen molar-refractivity contribution >= 4 is 17.6 Å². The number of hydrogen-bond acceptors (Lipinski definition) is 5. The van der Waals surface area contributed by atoms with Crippen LogP contribution in [0.3, 0.4) is 0 Å². The van der Waals surface area contributed by atoms with Gasteiger partial charge in [-0.3, -0.25) is 9.69 Å². The Kier molecular flexibility index (Phi) is 7.55. The molecule has 0 aromatic heterocycles. The number of rotatable bonds is 10. The lowest BCUT2D eigenvalue weighted by Gasteiger charge is -2.36. The Labute approximate surface area is 183 Å². The van der Waals surface area contributed by atoms with E-state index in [0.717, 1.165) is 24.1 Å². The summed E-state index contributed by atoms with van der Waals surface area (Å²) in [6.45, 7) is 4.38. The molecule has 0 fully saturated rings. The fourth-order valence-corrected chi connectivity index (χ4v) is 4.27. The molecule has 0 bridgehead atoms. The number of nitrogens with zero attached hydrogens (tertiary/aromatic N) is 1. The van der Waals surface area contributed by atoms with Crippen molar-refractivity contribution in [3.05, 3.63) is 53.6 Å². The van der Waals surface area contributed by atoms with Crippen molar-refractivity contribution in [1.29, 1.82) is 0 Å². The molecule has 6 heteroatoms. The van der Waals surface area contributed by atoms with Gasteiger partial charge in [0.2, 0.25) is 0 Å². The molecule has 2 atom stereocenters. The molecule has 0 aliphatic carbocycles. The standard InChI is InChI=1S/C25H31NO5/c1-4-8-19(26-22-10-7-6-9-18(22)16-31-25(26)29)12-11-17(5-2)24(28)21-14-13-20(27)15-23(21)30-3/h6-7,9-10,13-15,17,19,27H,4-5,8,11-12,16H2,1-3H3. The van der Waals surface area contributed by atoms with Gasteiger partial charge in [0.1, 0.15) is 18.1 Å². The third-order valence-corrected chi connectivity index (χ3v) is 5.95. The number of ketones is 1. The summed E-state index contributed by atoms with van der Waals surface area (Å²) >= 11 is 0. The summed E-state index contributed by atoms with van der Waals surface area (Å²) in [6.07, 6.45) is 3.46. The highest BCUT2D eigenvalue weighted by Crippen LogP contribution is 2.33. The Balaban J connectivity index is 1.79. The molecule has 1 heterocycles. The van der Waals surface area contributed by atoms with Gasteiger partial charge in [0.15, 0.2) is 5.78 Å². The van der Waals surface area contributed by atoms with Crippen LogP contribution in [0.25, 0.3) is 0 Å². The largest absolute Gasteiger partial charge is 0.508 e. The number of carbonyl (C=O) groups is 2. The highest BCUT2D eigenvalue weighted by Gasteiger charge is 2.32. The van der Waals surface area contributed by atoms with Crippen molar-refractivity contribution in [1.82, 2.24) is 0 Å². The van der Waals surface area contributed by atoms with Crippen molar-refractivity contribution in [2.75, 3.05) is 12.0 Å². The van der Waals surface area contributed by atoms with Gasteiger partial charge in [-0.1, -0.05) is 38.5 Å². The van der Waals surface area contributed by atoms with E-state index in [1.807, 2.05) is 31.2 Å². The predicted molar refractivity (Wildman–Crippen MR) is 120 cm³/mol. The maximum absolute atomic E-state index is 13.2. The lowest BCUT2D eigenvalue weighted by atomic mass is 9.88. The first-order valence-electron chi connectivity index (χ1n) is 10.9. The van der Waals surface area contributed by atoms with Crippen LogP contribution in [-0.2, 0) is 11.3 Å². The summed E-state index contributed by atoms with van der Waals surface area (Å²) < 4.78 is 10.7. The zero-order valence-corrected chi connectivity index (χ0v) is 18.5. The smallest absolute Gasteiger partial charge is 0.414 e. The predicted octanol–water partition coefficient (Wildman–Crippen LogP) is 5.72. The molecule has 0 saturated heterocycles. The maximum atomic E-state index is 13.2. The van der Waals surface area contributed by atoms with Crippen LogP contribution in [0.1, 0.15) is 61.9 Å². The molecule has 2 aromatic rings. The molecule has 0 spiro atoms.